The lowest BCUT2D eigenvalue weighted by molar-refractivity contribution is 0.478. The van der Waals surface area contributed by atoms with Crippen LogP contribution in [0, 0.1) is 11.3 Å². The van der Waals surface area contributed by atoms with E-state index in [1.54, 1.807) is 18.2 Å². The lowest BCUT2D eigenvalue weighted by Gasteiger charge is -2.15. The van der Waals surface area contributed by atoms with E-state index in [0.29, 0.717) is 12.1 Å². The normalized spacial score (nSPS) is 11.0. The molecule has 0 aliphatic carbocycles. The highest BCUT2D eigenvalue weighted by Gasteiger charge is 2.20. The summed E-state index contributed by atoms with van der Waals surface area (Å²) >= 11 is 0. The highest BCUT2D eigenvalue weighted by Crippen LogP contribution is 2.39. The number of phenols is 1. The van der Waals surface area contributed by atoms with E-state index >= 15 is 0 Å². The summed E-state index contributed by atoms with van der Waals surface area (Å²) in [4.78, 5) is 4.98. The van der Waals surface area contributed by atoms with Crippen molar-refractivity contribution in [3.63, 3.8) is 0 Å². The topological polar surface area (TPSA) is 73.3 Å². The number of nitriles is 1. The average molecular weight is 467 g/mol. The molecule has 0 aliphatic heterocycles. The van der Waals surface area contributed by atoms with Gasteiger partial charge >= 0.3 is 0 Å². The van der Waals surface area contributed by atoms with Gasteiger partial charge in [0, 0.05) is 17.7 Å². The van der Waals surface area contributed by atoms with Gasteiger partial charge in [0.15, 0.2) is 0 Å². The maximum absolute atomic E-state index is 11.0. The molecule has 5 nitrogen and oxygen atoms in total. The second-order valence-electron chi connectivity index (χ2n) is 8.62. The van der Waals surface area contributed by atoms with Crippen LogP contribution in [0.15, 0.2) is 109 Å². The summed E-state index contributed by atoms with van der Waals surface area (Å²) < 4.78 is 2.07. The van der Waals surface area contributed by atoms with E-state index in [1.807, 2.05) is 78.9 Å². The van der Waals surface area contributed by atoms with Crippen LogP contribution in [0.2, 0.25) is 0 Å². The fraction of sp³-hybridized carbons (Fsp3) is 0.0323. The molecule has 5 heteroatoms. The van der Waals surface area contributed by atoms with Crippen molar-refractivity contribution in [3.05, 3.63) is 120 Å². The summed E-state index contributed by atoms with van der Waals surface area (Å²) in [6, 6.07) is 37.5. The first-order chi connectivity index (χ1) is 17.7. The summed E-state index contributed by atoms with van der Waals surface area (Å²) in [6.45, 7) is 0.605. The first-order valence-corrected chi connectivity index (χ1v) is 11.7. The summed E-state index contributed by atoms with van der Waals surface area (Å²) in [5, 5.41) is 25.9. The highest BCUT2D eigenvalue weighted by molar-refractivity contribution is 5.99. The number of aromatic hydroxyl groups is 1. The van der Waals surface area contributed by atoms with Crippen LogP contribution >= 0.6 is 0 Å². The first kappa shape index (κ1) is 21.5. The predicted octanol–water partition coefficient (Wildman–Crippen LogP) is 7.01. The van der Waals surface area contributed by atoms with Gasteiger partial charge in [0.25, 0.3) is 0 Å². The molecule has 0 spiro atoms. The minimum Gasteiger partial charge on any atom is -0.507 e. The number of nitrogens with zero attached hydrogens (tertiary/aromatic N) is 3. The Morgan fingerprint density at radius 1 is 0.806 bits per heavy atom. The van der Waals surface area contributed by atoms with Crippen LogP contribution in [0.4, 0.5) is 5.82 Å². The third-order valence-electron chi connectivity index (χ3n) is 6.40. The molecule has 6 rings (SSSR count). The van der Waals surface area contributed by atoms with E-state index in [2.05, 4.69) is 27.9 Å². The van der Waals surface area contributed by atoms with Gasteiger partial charge in [-0.1, -0.05) is 78.9 Å². The van der Waals surface area contributed by atoms with Crippen molar-refractivity contribution in [1.82, 2.24) is 9.38 Å². The average Bonchev–Trinajstić information content (AvgIpc) is 3.31. The van der Waals surface area contributed by atoms with Crippen molar-refractivity contribution in [3.8, 4) is 34.3 Å². The molecule has 2 N–H and O–H groups in total. The molecule has 0 atom stereocenters. The van der Waals surface area contributed by atoms with Crippen LogP contribution in [0.25, 0.3) is 38.9 Å². The molecular formula is C31H22N4O. The fourth-order valence-electron chi connectivity index (χ4n) is 4.67. The molecule has 6 aromatic rings. The molecular weight excluding hydrogens is 444 g/mol. The van der Waals surface area contributed by atoms with Gasteiger partial charge in [0.2, 0.25) is 0 Å². The molecule has 0 bridgehead atoms. The van der Waals surface area contributed by atoms with Crippen LogP contribution in [0.5, 0.6) is 5.75 Å². The number of fused-ring (bicyclic) bond motifs is 2. The lowest BCUT2D eigenvalue weighted by Crippen LogP contribution is -2.05. The van der Waals surface area contributed by atoms with E-state index in [4.69, 9.17) is 4.98 Å². The molecule has 0 unspecified atom stereocenters. The first-order valence-electron chi connectivity index (χ1n) is 11.7. The Bertz CT molecular complexity index is 1750. The Labute approximate surface area is 208 Å². The molecule has 0 amide bonds. The zero-order chi connectivity index (χ0) is 24.5. The molecule has 2 heterocycles. The van der Waals surface area contributed by atoms with Crippen LogP contribution in [0.3, 0.4) is 0 Å². The number of rotatable bonds is 5. The molecule has 36 heavy (non-hydrogen) atoms. The molecule has 0 fully saturated rings. The SMILES string of the molecule is N#Cc1ccc(-c2nc3cccc(-c4c(O)ccc5ccccc45)n3c2NCc2ccccc2)cc1. The molecule has 0 radical (unpaired) electrons. The quantitative estimate of drug-likeness (QED) is 0.287. The summed E-state index contributed by atoms with van der Waals surface area (Å²) in [5.74, 6) is 1.03. The standard InChI is InChI=1S/C31H22N4O/c32-19-21-13-15-24(16-14-21)30-31(33-20-22-7-2-1-3-8-22)35-26(11-6-12-28(35)34-30)29-25-10-5-4-9-23(25)17-18-27(29)36/h1-18,33,36H,20H2. The highest BCUT2D eigenvalue weighted by atomic mass is 16.3. The Morgan fingerprint density at radius 3 is 2.39 bits per heavy atom. The second kappa shape index (κ2) is 8.94. The summed E-state index contributed by atoms with van der Waals surface area (Å²) in [6.07, 6.45) is 0. The summed E-state index contributed by atoms with van der Waals surface area (Å²) in [5.41, 5.74) is 5.78. The monoisotopic (exact) mass is 466 g/mol. The van der Waals surface area contributed by atoms with Gasteiger partial charge in [0.05, 0.1) is 17.3 Å². The van der Waals surface area contributed by atoms with Gasteiger partial charge in [-0.15, -0.1) is 0 Å². The maximum atomic E-state index is 11.0. The number of imidazole rings is 1. The van der Waals surface area contributed by atoms with E-state index in [9.17, 15) is 10.4 Å². The van der Waals surface area contributed by atoms with E-state index in [0.717, 1.165) is 50.3 Å². The minimum absolute atomic E-state index is 0.212. The van der Waals surface area contributed by atoms with Crippen molar-refractivity contribution < 1.29 is 5.11 Å². The molecule has 0 saturated heterocycles. The zero-order valence-corrected chi connectivity index (χ0v) is 19.4. The summed E-state index contributed by atoms with van der Waals surface area (Å²) in [7, 11) is 0. The number of anilines is 1. The van der Waals surface area contributed by atoms with E-state index < -0.39 is 0 Å². The number of benzene rings is 4. The Morgan fingerprint density at radius 2 is 1.58 bits per heavy atom. The Balaban J connectivity index is 1.61. The van der Waals surface area contributed by atoms with Crippen molar-refractivity contribution >= 4 is 22.2 Å². The maximum Gasteiger partial charge on any atom is 0.139 e. The van der Waals surface area contributed by atoms with E-state index in [-0.39, 0.29) is 5.75 Å². The van der Waals surface area contributed by atoms with Gasteiger partial charge in [-0.3, -0.25) is 4.40 Å². The largest absolute Gasteiger partial charge is 0.507 e. The second-order valence-corrected chi connectivity index (χ2v) is 8.62. The number of nitrogens with one attached hydrogen (secondary N) is 1. The fourth-order valence-corrected chi connectivity index (χ4v) is 4.67. The molecule has 4 aromatic carbocycles. The number of pyridine rings is 1. The van der Waals surface area contributed by atoms with Crippen molar-refractivity contribution in [2.75, 3.05) is 5.32 Å². The smallest absolute Gasteiger partial charge is 0.139 e. The van der Waals surface area contributed by atoms with Crippen LogP contribution in [0.1, 0.15) is 11.1 Å². The Hall–Kier alpha value is -5.08. The Kier molecular flexibility index (Phi) is 5.32. The molecule has 0 aliphatic rings. The van der Waals surface area contributed by atoms with Gasteiger partial charge in [-0.25, -0.2) is 4.98 Å². The molecule has 2 aromatic heterocycles. The van der Waals surface area contributed by atoms with Gasteiger partial charge in [0.1, 0.15) is 22.9 Å². The van der Waals surface area contributed by atoms with Crippen LogP contribution in [-0.2, 0) is 6.54 Å². The van der Waals surface area contributed by atoms with Gasteiger partial charge in [-0.05, 0) is 46.7 Å². The van der Waals surface area contributed by atoms with Gasteiger partial charge < -0.3 is 10.4 Å². The molecule has 0 saturated carbocycles. The number of phenolic OH excluding ortho intramolecular Hbond substituents is 1. The lowest BCUT2D eigenvalue weighted by atomic mass is 10.0. The number of hydrogen-bond acceptors (Lipinski definition) is 4. The zero-order valence-electron chi connectivity index (χ0n) is 19.4. The van der Waals surface area contributed by atoms with Crippen LogP contribution < -0.4 is 5.32 Å². The number of aromatic nitrogens is 2. The van der Waals surface area contributed by atoms with Crippen molar-refractivity contribution in [2.45, 2.75) is 6.54 Å². The van der Waals surface area contributed by atoms with E-state index in [1.165, 1.54) is 0 Å². The van der Waals surface area contributed by atoms with Crippen molar-refractivity contribution in [2.24, 2.45) is 0 Å². The third-order valence-corrected chi connectivity index (χ3v) is 6.40. The number of hydrogen-bond donors (Lipinski definition) is 2. The predicted molar refractivity (Wildman–Crippen MR) is 144 cm³/mol. The van der Waals surface area contributed by atoms with Crippen LogP contribution in [-0.4, -0.2) is 14.5 Å². The molecule has 172 valence electrons. The van der Waals surface area contributed by atoms with Gasteiger partial charge in [-0.2, -0.15) is 5.26 Å². The third kappa shape index (κ3) is 3.71. The van der Waals surface area contributed by atoms with Crippen molar-refractivity contribution in [1.29, 1.82) is 5.26 Å². The minimum atomic E-state index is 0.212.